The van der Waals surface area contributed by atoms with Gasteiger partial charge in [-0.3, -0.25) is 9.78 Å². The van der Waals surface area contributed by atoms with Crippen molar-refractivity contribution >= 4 is 16.9 Å². The number of rotatable bonds is 4. The molecule has 1 atom stereocenters. The zero-order valence-corrected chi connectivity index (χ0v) is 11.1. The molecule has 0 amide bonds. The Bertz CT molecular complexity index is 602. The fraction of sp³-hybridized carbons (Fsp3) is 0.333. The number of carboxylic acid groups (broad SMARTS) is 1. The van der Waals surface area contributed by atoms with E-state index in [9.17, 15) is 4.79 Å². The Hall–Kier alpha value is -1.94. The zero-order valence-electron chi connectivity index (χ0n) is 11.1. The van der Waals surface area contributed by atoms with Crippen LogP contribution in [0.15, 0.2) is 36.5 Å². The second-order valence-corrected chi connectivity index (χ2v) is 5.43. The van der Waals surface area contributed by atoms with Crippen LogP contribution in [0.25, 0.3) is 10.9 Å². The van der Waals surface area contributed by atoms with Crippen LogP contribution in [0.4, 0.5) is 0 Å². The number of nitrogens with two attached hydrogens (primary N) is 1. The minimum atomic E-state index is -0.838. The molecule has 0 bridgehead atoms. The molecule has 1 aromatic carbocycles. The molecular formula is C15H18N2O2. The lowest BCUT2D eigenvalue weighted by Crippen LogP contribution is -2.40. The van der Waals surface area contributed by atoms with Gasteiger partial charge in [0.05, 0.1) is 11.9 Å². The van der Waals surface area contributed by atoms with E-state index >= 15 is 0 Å². The molecule has 0 fully saturated rings. The third-order valence-corrected chi connectivity index (χ3v) is 3.31. The molecule has 100 valence electrons. The highest BCUT2D eigenvalue weighted by Gasteiger charge is 2.29. The van der Waals surface area contributed by atoms with E-state index in [0.717, 1.165) is 16.5 Å². The smallest absolute Gasteiger partial charge is 0.304 e. The van der Waals surface area contributed by atoms with Gasteiger partial charge in [-0.2, -0.15) is 0 Å². The Morgan fingerprint density at radius 1 is 1.42 bits per heavy atom. The number of carboxylic acids is 1. The number of hydrogen-bond acceptors (Lipinski definition) is 3. The van der Waals surface area contributed by atoms with Crippen LogP contribution in [-0.4, -0.2) is 21.6 Å². The summed E-state index contributed by atoms with van der Waals surface area (Å²) < 4.78 is 0. The lowest BCUT2D eigenvalue weighted by Gasteiger charge is -2.30. The Morgan fingerprint density at radius 2 is 2.16 bits per heavy atom. The maximum absolute atomic E-state index is 11.0. The molecular weight excluding hydrogens is 240 g/mol. The lowest BCUT2D eigenvalue weighted by atomic mass is 9.80. The number of benzene rings is 1. The van der Waals surface area contributed by atoms with Crippen molar-refractivity contribution in [2.45, 2.75) is 31.7 Å². The largest absolute Gasteiger partial charge is 0.481 e. The summed E-state index contributed by atoms with van der Waals surface area (Å²) in [7, 11) is 0. The minimum Gasteiger partial charge on any atom is -0.481 e. The van der Waals surface area contributed by atoms with E-state index in [1.807, 2.05) is 44.2 Å². The van der Waals surface area contributed by atoms with Crippen molar-refractivity contribution in [3.05, 3.63) is 42.1 Å². The first-order valence-corrected chi connectivity index (χ1v) is 6.23. The molecule has 3 N–H and O–H groups in total. The zero-order chi connectivity index (χ0) is 14.0. The van der Waals surface area contributed by atoms with Crippen molar-refractivity contribution in [3.8, 4) is 0 Å². The van der Waals surface area contributed by atoms with Crippen LogP contribution in [-0.2, 0) is 4.79 Å². The molecule has 4 heteroatoms. The average Bonchev–Trinajstić information content (AvgIpc) is 2.34. The number of fused-ring (bicyclic) bond motifs is 1. The second-order valence-electron chi connectivity index (χ2n) is 5.43. The van der Waals surface area contributed by atoms with Crippen LogP contribution in [0.3, 0.4) is 0 Å². The predicted octanol–water partition coefficient (Wildman–Crippen LogP) is 2.53. The summed E-state index contributed by atoms with van der Waals surface area (Å²) in [4.78, 5) is 15.3. The third-order valence-electron chi connectivity index (χ3n) is 3.31. The van der Waals surface area contributed by atoms with Gasteiger partial charge in [0.2, 0.25) is 0 Å². The van der Waals surface area contributed by atoms with Crippen LogP contribution in [0.1, 0.15) is 31.7 Å². The summed E-state index contributed by atoms with van der Waals surface area (Å²) in [5.41, 5.74) is 7.37. The maximum Gasteiger partial charge on any atom is 0.304 e. The number of carbonyl (C=O) groups is 1. The van der Waals surface area contributed by atoms with Gasteiger partial charge in [-0.25, -0.2) is 0 Å². The molecule has 19 heavy (non-hydrogen) atoms. The minimum absolute atomic E-state index is 0.0231. The third kappa shape index (κ3) is 3.09. The summed E-state index contributed by atoms with van der Waals surface area (Å²) in [5.74, 6) is -1.07. The van der Waals surface area contributed by atoms with Gasteiger partial charge in [0.15, 0.2) is 0 Å². The van der Waals surface area contributed by atoms with E-state index in [2.05, 4.69) is 4.98 Å². The number of pyridine rings is 1. The van der Waals surface area contributed by atoms with Crippen molar-refractivity contribution in [2.75, 3.05) is 0 Å². The van der Waals surface area contributed by atoms with Gasteiger partial charge in [0.1, 0.15) is 0 Å². The average molecular weight is 258 g/mol. The SMILES string of the molecule is CC(C)(N)C(CC(=O)O)c1ccc2ncccc2c1. The number of hydrogen-bond donors (Lipinski definition) is 2. The standard InChI is InChI=1S/C15H18N2O2/c1-15(2,16)12(9-14(18)19)10-5-6-13-11(8-10)4-3-7-17-13/h3-8,12H,9,16H2,1-2H3,(H,18,19). The Kier molecular flexibility index (Phi) is 3.53. The van der Waals surface area contributed by atoms with Crippen LogP contribution >= 0.6 is 0 Å². The van der Waals surface area contributed by atoms with E-state index in [0.29, 0.717) is 0 Å². The summed E-state index contributed by atoms with van der Waals surface area (Å²) in [6, 6.07) is 9.63. The van der Waals surface area contributed by atoms with Crippen molar-refractivity contribution in [2.24, 2.45) is 5.73 Å². The Balaban J connectivity index is 2.46. The fourth-order valence-electron chi connectivity index (χ4n) is 2.30. The number of aliphatic carboxylic acids is 1. The molecule has 2 aromatic rings. The molecule has 0 spiro atoms. The van der Waals surface area contributed by atoms with Crippen LogP contribution in [0.5, 0.6) is 0 Å². The van der Waals surface area contributed by atoms with E-state index < -0.39 is 11.5 Å². The van der Waals surface area contributed by atoms with Gasteiger partial charge >= 0.3 is 5.97 Å². The molecule has 0 radical (unpaired) electrons. The highest BCUT2D eigenvalue weighted by atomic mass is 16.4. The summed E-state index contributed by atoms with van der Waals surface area (Å²) in [6.07, 6.45) is 1.76. The summed E-state index contributed by atoms with van der Waals surface area (Å²) >= 11 is 0. The van der Waals surface area contributed by atoms with E-state index in [1.54, 1.807) is 6.20 Å². The fourth-order valence-corrected chi connectivity index (χ4v) is 2.30. The van der Waals surface area contributed by atoms with Gasteiger partial charge in [0, 0.05) is 23.0 Å². The molecule has 0 saturated carbocycles. The van der Waals surface area contributed by atoms with Gasteiger partial charge in [-0.05, 0) is 37.6 Å². The van der Waals surface area contributed by atoms with Gasteiger partial charge in [0.25, 0.3) is 0 Å². The molecule has 2 rings (SSSR count). The van der Waals surface area contributed by atoms with Crippen LogP contribution in [0.2, 0.25) is 0 Å². The highest BCUT2D eigenvalue weighted by molar-refractivity contribution is 5.79. The van der Waals surface area contributed by atoms with Gasteiger partial charge in [-0.15, -0.1) is 0 Å². The van der Waals surface area contributed by atoms with Crippen LogP contribution < -0.4 is 5.73 Å². The Labute approximate surface area is 112 Å². The second kappa shape index (κ2) is 4.97. The normalized spacial score (nSPS) is 13.4. The molecule has 1 heterocycles. The van der Waals surface area contributed by atoms with Crippen molar-refractivity contribution in [1.29, 1.82) is 0 Å². The van der Waals surface area contributed by atoms with E-state index in [4.69, 9.17) is 10.8 Å². The topological polar surface area (TPSA) is 76.2 Å². The molecule has 1 unspecified atom stereocenters. The van der Waals surface area contributed by atoms with E-state index in [1.165, 1.54) is 0 Å². The van der Waals surface area contributed by atoms with Crippen molar-refractivity contribution in [3.63, 3.8) is 0 Å². The van der Waals surface area contributed by atoms with E-state index in [-0.39, 0.29) is 12.3 Å². The van der Waals surface area contributed by atoms with Gasteiger partial charge in [-0.1, -0.05) is 12.1 Å². The lowest BCUT2D eigenvalue weighted by molar-refractivity contribution is -0.137. The number of aromatic nitrogens is 1. The highest BCUT2D eigenvalue weighted by Crippen LogP contribution is 2.31. The first-order valence-electron chi connectivity index (χ1n) is 6.23. The molecule has 0 aliphatic rings. The van der Waals surface area contributed by atoms with Crippen molar-refractivity contribution < 1.29 is 9.90 Å². The molecule has 0 aliphatic heterocycles. The quantitative estimate of drug-likeness (QED) is 0.883. The summed E-state index contributed by atoms with van der Waals surface area (Å²) in [6.45, 7) is 3.71. The molecule has 4 nitrogen and oxygen atoms in total. The first-order chi connectivity index (χ1) is 8.88. The summed E-state index contributed by atoms with van der Waals surface area (Å²) in [5, 5.41) is 10.1. The first kappa shape index (κ1) is 13.5. The van der Waals surface area contributed by atoms with Gasteiger partial charge < -0.3 is 10.8 Å². The maximum atomic E-state index is 11.0. The Morgan fingerprint density at radius 3 is 2.79 bits per heavy atom. The van der Waals surface area contributed by atoms with Crippen LogP contribution in [0, 0.1) is 0 Å². The molecule has 0 aliphatic carbocycles. The predicted molar refractivity (Wildman–Crippen MR) is 75.0 cm³/mol. The molecule has 0 saturated heterocycles. The monoisotopic (exact) mass is 258 g/mol. The molecule has 1 aromatic heterocycles. The van der Waals surface area contributed by atoms with Crippen molar-refractivity contribution in [1.82, 2.24) is 4.98 Å². The number of nitrogens with zero attached hydrogens (tertiary/aromatic N) is 1.